The summed E-state index contributed by atoms with van der Waals surface area (Å²) in [5.74, 6) is 0. The van der Waals surface area contributed by atoms with Crippen molar-refractivity contribution in [2.24, 2.45) is 0 Å². The summed E-state index contributed by atoms with van der Waals surface area (Å²) in [6, 6.07) is 0.595. The van der Waals surface area contributed by atoms with E-state index < -0.39 is 0 Å². The molecule has 2 aliphatic heterocycles. The molecule has 1 nitrogen and oxygen atoms in total. The Bertz CT molecular complexity index is 494. The fourth-order valence-corrected chi connectivity index (χ4v) is 4.18. The molecule has 0 saturated carbocycles. The highest BCUT2D eigenvalue weighted by Crippen LogP contribution is 2.31. The standard InChI is InChI=1S/C25H41N/c1-3-5-7-9-11-13-17-23-20-21-24-18-15-16-22-26(24)25(23)19-14-12-10-8-6-4-2/h15-16,18,20-22,25H,3-14,17,19H2,1-2H3. The molecule has 0 aliphatic carbocycles. The third-order valence-corrected chi connectivity index (χ3v) is 5.80. The lowest BCUT2D eigenvalue weighted by Gasteiger charge is -2.37. The number of rotatable bonds is 14. The van der Waals surface area contributed by atoms with Gasteiger partial charge in [0.25, 0.3) is 0 Å². The zero-order valence-electron chi connectivity index (χ0n) is 17.4. The smallest absolute Gasteiger partial charge is 0.0548 e. The Balaban J connectivity index is 1.81. The molecule has 0 radical (unpaired) electrons. The van der Waals surface area contributed by atoms with Crippen molar-refractivity contribution in [2.45, 2.75) is 110 Å². The third kappa shape index (κ3) is 7.17. The van der Waals surface area contributed by atoms with Crippen LogP contribution in [0.4, 0.5) is 0 Å². The topological polar surface area (TPSA) is 3.24 Å². The highest BCUT2D eigenvalue weighted by atomic mass is 15.2. The maximum Gasteiger partial charge on any atom is 0.0548 e. The van der Waals surface area contributed by atoms with Gasteiger partial charge in [-0.05, 0) is 43.1 Å². The van der Waals surface area contributed by atoms with E-state index in [0.29, 0.717) is 6.04 Å². The summed E-state index contributed by atoms with van der Waals surface area (Å²) in [6.45, 7) is 4.59. The predicted molar refractivity (Wildman–Crippen MR) is 116 cm³/mol. The van der Waals surface area contributed by atoms with Gasteiger partial charge in [-0.2, -0.15) is 0 Å². The van der Waals surface area contributed by atoms with Gasteiger partial charge in [0.1, 0.15) is 0 Å². The first-order valence-corrected chi connectivity index (χ1v) is 11.4. The van der Waals surface area contributed by atoms with Crippen LogP contribution in [0.25, 0.3) is 0 Å². The third-order valence-electron chi connectivity index (χ3n) is 5.80. The van der Waals surface area contributed by atoms with Crippen LogP contribution in [0.5, 0.6) is 0 Å². The molecular weight excluding hydrogens is 314 g/mol. The number of allylic oxidation sites excluding steroid dienone is 5. The molecule has 0 aromatic heterocycles. The molecule has 1 atom stereocenters. The Kier molecular flexibility index (Phi) is 10.5. The lowest BCUT2D eigenvalue weighted by molar-refractivity contribution is 0.340. The van der Waals surface area contributed by atoms with Gasteiger partial charge in [0.05, 0.1) is 6.04 Å². The minimum Gasteiger partial charge on any atom is -0.341 e. The average Bonchev–Trinajstić information content (AvgIpc) is 2.68. The quantitative estimate of drug-likeness (QED) is 0.285. The van der Waals surface area contributed by atoms with E-state index in [4.69, 9.17) is 0 Å². The largest absolute Gasteiger partial charge is 0.341 e. The zero-order valence-corrected chi connectivity index (χ0v) is 17.4. The van der Waals surface area contributed by atoms with Crippen molar-refractivity contribution in [3.8, 4) is 0 Å². The van der Waals surface area contributed by atoms with Crippen LogP contribution < -0.4 is 0 Å². The van der Waals surface area contributed by atoms with Gasteiger partial charge in [0.2, 0.25) is 0 Å². The second kappa shape index (κ2) is 13.0. The minimum atomic E-state index is 0.595. The van der Waals surface area contributed by atoms with E-state index in [1.807, 2.05) is 0 Å². The summed E-state index contributed by atoms with van der Waals surface area (Å²) in [5, 5.41) is 0. The molecule has 0 amide bonds. The highest BCUT2D eigenvalue weighted by Gasteiger charge is 2.24. The first-order chi connectivity index (χ1) is 12.9. The molecular formula is C25H41N. The molecule has 1 unspecified atom stereocenters. The molecule has 2 heterocycles. The first-order valence-electron chi connectivity index (χ1n) is 11.4. The molecule has 26 heavy (non-hydrogen) atoms. The Labute approximate surface area is 162 Å². The molecule has 0 aromatic carbocycles. The number of fused-ring (bicyclic) bond motifs is 1. The second-order valence-electron chi connectivity index (χ2n) is 8.03. The monoisotopic (exact) mass is 355 g/mol. The van der Waals surface area contributed by atoms with Gasteiger partial charge >= 0.3 is 0 Å². The molecule has 0 spiro atoms. The summed E-state index contributed by atoms with van der Waals surface area (Å²) in [5.41, 5.74) is 3.04. The van der Waals surface area contributed by atoms with Gasteiger partial charge < -0.3 is 4.90 Å². The van der Waals surface area contributed by atoms with Gasteiger partial charge in [0, 0.05) is 11.9 Å². The van der Waals surface area contributed by atoms with Crippen molar-refractivity contribution in [1.82, 2.24) is 4.90 Å². The summed E-state index contributed by atoms with van der Waals surface area (Å²) < 4.78 is 0. The molecule has 0 saturated heterocycles. The molecule has 2 rings (SSSR count). The molecule has 0 fully saturated rings. The van der Waals surface area contributed by atoms with Crippen molar-refractivity contribution in [1.29, 1.82) is 0 Å². The molecule has 0 N–H and O–H groups in total. The van der Waals surface area contributed by atoms with Crippen LogP contribution in [0.1, 0.15) is 104 Å². The lowest BCUT2D eigenvalue weighted by Crippen LogP contribution is -2.34. The Hall–Kier alpha value is -1.24. The van der Waals surface area contributed by atoms with E-state index in [-0.39, 0.29) is 0 Å². The Morgan fingerprint density at radius 2 is 1.38 bits per heavy atom. The van der Waals surface area contributed by atoms with Crippen LogP contribution in [0.2, 0.25) is 0 Å². The minimum absolute atomic E-state index is 0.595. The van der Waals surface area contributed by atoms with Crippen LogP contribution in [-0.4, -0.2) is 10.9 Å². The van der Waals surface area contributed by atoms with E-state index in [0.717, 1.165) is 0 Å². The van der Waals surface area contributed by atoms with Crippen molar-refractivity contribution in [3.63, 3.8) is 0 Å². The van der Waals surface area contributed by atoms with Crippen molar-refractivity contribution >= 4 is 0 Å². The summed E-state index contributed by atoms with van der Waals surface area (Å²) in [6.07, 6.45) is 32.9. The SMILES string of the molecule is CCCCCCCCC1=CC=C2C=CC=CN2C1CCCCCCCC. The predicted octanol–water partition coefficient (Wildman–Crippen LogP) is 8.07. The van der Waals surface area contributed by atoms with Crippen LogP contribution >= 0.6 is 0 Å². The fourth-order valence-electron chi connectivity index (χ4n) is 4.18. The first kappa shape index (κ1) is 21.1. The highest BCUT2D eigenvalue weighted by molar-refractivity contribution is 5.38. The summed E-state index contributed by atoms with van der Waals surface area (Å²) in [4.78, 5) is 2.53. The number of unbranched alkanes of at least 4 members (excludes halogenated alkanes) is 10. The van der Waals surface area contributed by atoms with E-state index in [1.165, 1.54) is 95.6 Å². The van der Waals surface area contributed by atoms with E-state index in [9.17, 15) is 0 Å². The van der Waals surface area contributed by atoms with Gasteiger partial charge in [-0.3, -0.25) is 0 Å². The molecule has 2 aliphatic rings. The van der Waals surface area contributed by atoms with Crippen LogP contribution in [-0.2, 0) is 0 Å². The van der Waals surface area contributed by atoms with Crippen LogP contribution in [0.15, 0.2) is 47.9 Å². The van der Waals surface area contributed by atoms with Gasteiger partial charge in [-0.1, -0.05) is 96.6 Å². The second-order valence-corrected chi connectivity index (χ2v) is 8.03. The van der Waals surface area contributed by atoms with E-state index in [2.05, 4.69) is 55.3 Å². The number of nitrogens with zero attached hydrogens (tertiary/aromatic N) is 1. The van der Waals surface area contributed by atoms with Crippen LogP contribution in [0.3, 0.4) is 0 Å². The van der Waals surface area contributed by atoms with Crippen molar-refractivity contribution in [2.75, 3.05) is 0 Å². The van der Waals surface area contributed by atoms with E-state index in [1.54, 1.807) is 5.57 Å². The Morgan fingerprint density at radius 1 is 0.731 bits per heavy atom. The maximum atomic E-state index is 2.53. The average molecular weight is 356 g/mol. The normalized spacial score (nSPS) is 18.7. The van der Waals surface area contributed by atoms with Gasteiger partial charge in [-0.25, -0.2) is 0 Å². The van der Waals surface area contributed by atoms with Gasteiger partial charge in [0.15, 0.2) is 0 Å². The molecule has 146 valence electrons. The maximum absolute atomic E-state index is 2.53. The van der Waals surface area contributed by atoms with Crippen molar-refractivity contribution < 1.29 is 0 Å². The Morgan fingerprint density at radius 3 is 2.12 bits per heavy atom. The summed E-state index contributed by atoms with van der Waals surface area (Å²) >= 11 is 0. The lowest BCUT2D eigenvalue weighted by atomic mass is 9.90. The molecule has 0 aromatic rings. The van der Waals surface area contributed by atoms with Gasteiger partial charge in [-0.15, -0.1) is 0 Å². The molecule has 0 bridgehead atoms. The fraction of sp³-hybridized carbons (Fsp3) is 0.680. The summed E-state index contributed by atoms with van der Waals surface area (Å²) in [7, 11) is 0. The van der Waals surface area contributed by atoms with Crippen LogP contribution in [0, 0.1) is 0 Å². The zero-order chi connectivity index (χ0) is 18.5. The number of hydrogen-bond acceptors (Lipinski definition) is 1. The van der Waals surface area contributed by atoms with Crippen molar-refractivity contribution in [3.05, 3.63) is 47.9 Å². The van der Waals surface area contributed by atoms with E-state index >= 15 is 0 Å². The number of hydrogen-bond donors (Lipinski definition) is 0. The molecule has 1 heteroatoms.